The van der Waals surface area contributed by atoms with E-state index in [2.05, 4.69) is 0 Å². The van der Waals surface area contributed by atoms with Crippen molar-refractivity contribution in [2.45, 2.75) is 18.7 Å². The molecule has 0 aliphatic rings. The Kier molecular flexibility index (Phi) is 4.00. The number of primary amides is 1. The first kappa shape index (κ1) is 13.8. The van der Waals surface area contributed by atoms with Crippen molar-refractivity contribution in [1.29, 1.82) is 0 Å². The van der Waals surface area contributed by atoms with Crippen LogP contribution >= 0.6 is 10.7 Å². The van der Waals surface area contributed by atoms with Gasteiger partial charge in [0.2, 0.25) is 0 Å². The third-order valence-corrected chi connectivity index (χ3v) is 3.79. The minimum absolute atomic E-state index is 0.0306. The molecule has 5 nitrogen and oxygen atoms in total. The summed E-state index contributed by atoms with van der Waals surface area (Å²) in [6, 6.07) is 2.78. The van der Waals surface area contributed by atoms with E-state index in [1.54, 1.807) is 13.8 Å². The fraction of sp³-hybridized carbons (Fsp3) is 0.300. The Balaban J connectivity index is 3.16. The number of ether oxygens (including phenoxy) is 1. The van der Waals surface area contributed by atoms with Crippen molar-refractivity contribution < 1.29 is 17.9 Å². The molecule has 1 amide bonds. The predicted octanol–water partition coefficient (Wildman–Crippen LogP) is 1.10. The van der Waals surface area contributed by atoms with Crippen molar-refractivity contribution in [2.24, 2.45) is 5.73 Å². The number of amides is 1. The van der Waals surface area contributed by atoms with Gasteiger partial charge in [0.1, 0.15) is 5.75 Å². The van der Waals surface area contributed by atoms with E-state index in [1.165, 1.54) is 12.1 Å². The molecule has 7 heteroatoms. The van der Waals surface area contributed by atoms with Crippen molar-refractivity contribution >= 4 is 25.6 Å². The van der Waals surface area contributed by atoms with Crippen LogP contribution in [-0.2, 0) is 13.8 Å². The van der Waals surface area contributed by atoms with Gasteiger partial charge in [-0.15, -0.1) is 0 Å². The Morgan fingerprint density at radius 1 is 1.35 bits per heavy atom. The minimum Gasteiger partial charge on any atom is -0.484 e. The van der Waals surface area contributed by atoms with Crippen LogP contribution in [0.4, 0.5) is 0 Å². The summed E-state index contributed by atoms with van der Waals surface area (Å²) in [6.07, 6.45) is 0. The number of hydrogen-bond acceptors (Lipinski definition) is 4. The van der Waals surface area contributed by atoms with Gasteiger partial charge in [-0.3, -0.25) is 4.79 Å². The number of benzene rings is 1. The third kappa shape index (κ3) is 3.34. The molecule has 0 atom stereocenters. The highest BCUT2D eigenvalue weighted by Crippen LogP contribution is 2.28. The summed E-state index contributed by atoms with van der Waals surface area (Å²) in [6.45, 7) is 3.03. The third-order valence-electron chi connectivity index (χ3n) is 2.32. The van der Waals surface area contributed by atoms with Gasteiger partial charge in [0, 0.05) is 10.7 Å². The first-order valence-corrected chi connectivity index (χ1v) is 7.00. The Morgan fingerprint density at radius 2 is 1.94 bits per heavy atom. The summed E-state index contributed by atoms with van der Waals surface area (Å²) in [4.78, 5) is 10.6. The number of rotatable bonds is 4. The fourth-order valence-corrected chi connectivity index (χ4v) is 2.59. The molecule has 0 saturated heterocycles. The quantitative estimate of drug-likeness (QED) is 0.835. The maximum absolute atomic E-state index is 11.2. The lowest BCUT2D eigenvalue weighted by Gasteiger charge is -2.11. The Labute approximate surface area is 104 Å². The summed E-state index contributed by atoms with van der Waals surface area (Å²) < 4.78 is 27.6. The Morgan fingerprint density at radius 3 is 2.41 bits per heavy atom. The minimum atomic E-state index is -3.78. The maximum atomic E-state index is 11.2. The molecule has 0 spiro atoms. The van der Waals surface area contributed by atoms with Crippen molar-refractivity contribution in [1.82, 2.24) is 0 Å². The van der Waals surface area contributed by atoms with Crippen molar-refractivity contribution in [3.05, 3.63) is 23.3 Å². The zero-order valence-electron chi connectivity index (χ0n) is 9.36. The van der Waals surface area contributed by atoms with Crippen LogP contribution in [0.25, 0.3) is 0 Å². The van der Waals surface area contributed by atoms with Crippen LogP contribution in [0.1, 0.15) is 11.1 Å². The van der Waals surface area contributed by atoms with E-state index in [-0.39, 0.29) is 11.5 Å². The van der Waals surface area contributed by atoms with Gasteiger partial charge in [-0.1, -0.05) is 0 Å². The van der Waals surface area contributed by atoms with Crippen LogP contribution in [0.2, 0.25) is 0 Å². The molecule has 0 aromatic heterocycles. The molecule has 0 aliphatic heterocycles. The van der Waals surface area contributed by atoms with E-state index < -0.39 is 15.0 Å². The van der Waals surface area contributed by atoms with E-state index in [9.17, 15) is 13.2 Å². The SMILES string of the molecule is Cc1c(OCC(N)=O)ccc(S(=O)(=O)Cl)c1C. The molecule has 1 aromatic rings. The predicted molar refractivity (Wildman–Crippen MR) is 63.6 cm³/mol. The molecule has 0 bridgehead atoms. The molecule has 2 N–H and O–H groups in total. The molecule has 0 saturated carbocycles. The van der Waals surface area contributed by atoms with Gasteiger partial charge in [-0.25, -0.2) is 8.42 Å². The number of nitrogens with two attached hydrogens (primary N) is 1. The Bertz CT molecular complexity index is 554. The number of carbonyl (C=O) groups excluding carboxylic acids is 1. The van der Waals surface area contributed by atoms with Gasteiger partial charge in [0.15, 0.2) is 6.61 Å². The first-order valence-electron chi connectivity index (χ1n) is 4.69. The Hall–Kier alpha value is -1.27. The van der Waals surface area contributed by atoms with Crippen LogP contribution in [0.5, 0.6) is 5.75 Å². The van der Waals surface area contributed by atoms with Gasteiger partial charge in [-0.2, -0.15) is 0 Å². The average molecular weight is 278 g/mol. The monoisotopic (exact) mass is 277 g/mol. The van der Waals surface area contributed by atoms with Crippen molar-refractivity contribution in [2.75, 3.05) is 6.61 Å². The van der Waals surface area contributed by atoms with Gasteiger partial charge >= 0.3 is 0 Å². The highest BCUT2D eigenvalue weighted by Gasteiger charge is 2.17. The molecule has 0 unspecified atom stereocenters. The highest BCUT2D eigenvalue weighted by atomic mass is 35.7. The smallest absolute Gasteiger partial charge is 0.261 e. The summed E-state index contributed by atoms with van der Waals surface area (Å²) in [5.74, 6) is -0.193. The molecule has 1 rings (SSSR count). The largest absolute Gasteiger partial charge is 0.484 e. The standard InChI is InChI=1S/C10H12ClNO4S/c1-6-7(2)9(17(11,14)15)4-3-8(6)16-5-10(12)13/h3-4H,5H2,1-2H3,(H2,12,13). The summed E-state index contributed by atoms with van der Waals surface area (Å²) >= 11 is 0. The van der Waals surface area contributed by atoms with Gasteiger partial charge in [0.05, 0.1) is 4.90 Å². The molecule has 0 fully saturated rings. The van der Waals surface area contributed by atoms with Crippen LogP contribution in [0.3, 0.4) is 0 Å². The zero-order chi connectivity index (χ0) is 13.2. The fourth-order valence-electron chi connectivity index (χ4n) is 1.34. The molecular weight excluding hydrogens is 266 g/mol. The van der Waals surface area contributed by atoms with Crippen molar-refractivity contribution in [3.8, 4) is 5.75 Å². The van der Waals surface area contributed by atoms with Gasteiger partial charge in [0.25, 0.3) is 15.0 Å². The summed E-state index contributed by atoms with van der Waals surface area (Å²) in [5, 5.41) is 0. The molecule has 94 valence electrons. The lowest BCUT2D eigenvalue weighted by Crippen LogP contribution is -2.20. The van der Waals surface area contributed by atoms with Gasteiger partial charge in [-0.05, 0) is 37.1 Å². The number of halogens is 1. The van der Waals surface area contributed by atoms with E-state index in [4.69, 9.17) is 21.2 Å². The van der Waals surface area contributed by atoms with E-state index >= 15 is 0 Å². The highest BCUT2D eigenvalue weighted by molar-refractivity contribution is 8.13. The second-order valence-electron chi connectivity index (χ2n) is 3.50. The lowest BCUT2D eigenvalue weighted by molar-refractivity contribution is -0.119. The average Bonchev–Trinajstić information content (AvgIpc) is 2.18. The van der Waals surface area contributed by atoms with Gasteiger partial charge < -0.3 is 10.5 Å². The number of hydrogen-bond donors (Lipinski definition) is 1. The zero-order valence-corrected chi connectivity index (χ0v) is 10.9. The first-order chi connectivity index (χ1) is 7.73. The summed E-state index contributed by atoms with van der Waals surface area (Å²) in [7, 11) is 1.49. The van der Waals surface area contributed by atoms with Crippen molar-refractivity contribution in [3.63, 3.8) is 0 Å². The molecular formula is C10H12ClNO4S. The van der Waals surface area contributed by atoms with E-state index in [1.807, 2.05) is 0 Å². The molecule has 0 aliphatic carbocycles. The lowest BCUT2D eigenvalue weighted by atomic mass is 10.1. The van der Waals surface area contributed by atoms with E-state index in [0.717, 1.165) is 0 Å². The molecule has 0 radical (unpaired) electrons. The second kappa shape index (κ2) is 4.93. The van der Waals surface area contributed by atoms with Crippen LogP contribution in [-0.4, -0.2) is 20.9 Å². The topological polar surface area (TPSA) is 86.5 Å². The second-order valence-corrected chi connectivity index (χ2v) is 6.04. The normalized spacial score (nSPS) is 11.2. The van der Waals surface area contributed by atoms with Crippen LogP contribution < -0.4 is 10.5 Å². The molecule has 0 heterocycles. The number of carbonyl (C=O) groups is 1. The van der Waals surface area contributed by atoms with Crippen LogP contribution in [0.15, 0.2) is 17.0 Å². The van der Waals surface area contributed by atoms with E-state index in [0.29, 0.717) is 16.9 Å². The van der Waals surface area contributed by atoms with Crippen LogP contribution in [0, 0.1) is 13.8 Å². The molecule has 17 heavy (non-hydrogen) atoms. The summed E-state index contributed by atoms with van der Waals surface area (Å²) in [5.41, 5.74) is 6.04. The maximum Gasteiger partial charge on any atom is 0.261 e. The molecule has 1 aromatic carbocycles.